The lowest BCUT2D eigenvalue weighted by Gasteiger charge is -2.41. The minimum atomic E-state index is -0.179. The molecule has 0 heterocycles. The number of nitrogens with two attached hydrogens (primary N) is 1. The van der Waals surface area contributed by atoms with Gasteiger partial charge in [0.15, 0.2) is 0 Å². The minimum Gasteiger partial charge on any atom is -0.393 e. The molecule has 1 saturated carbocycles. The van der Waals surface area contributed by atoms with E-state index in [1.807, 2.05) is 0 Å². The summed E-state index contributed by atoms with van der Waals surface area (Å²) in [6.45, 7) is 7.21. The van der Waals surface area contributed by atoms with Crippen LogP contribution in [0.3, 0.4) is 0 Å². The van der Waals surface area contributed by atoms with Crippen LogP contribution in [0.5, 0.6) is 0 Å². The number of aliphatic hydroxyl groups excluding tert-OH is 1. The lowest BCUT2D eigenvalue weighted by Crippen LogP contribution is -2.39. The lowest BCUT2D eigenvalue weighted by molar-refractivity contribution is 0.0359. The highest BCUT2D eigenvalue weighted by Crippen LogP contribution is 2.43. The average Bonchev–Trinajstić information content (AvgIpc) is 2.32. The van der Waals surface area contributed by atoms with Crippen LogP contribution < -0.4 is 5.73 Å². The van der Waals surface area contributed by atoms with Crippen LogP contribution in [-0.2, 0) is 0 Å². The van der Waals surface area contributed by atoms with Gasteiger partial charge in [0.25, 0.3) is 0 Å². The van der Waals surface area contributed by atoms with Crippen LogP contribution in [0, 0.1) is 17.3 Å². The van der Waals surface area contributed by atoms with Gasteiger partial charge >= 0.3 is 0 Å². The molecule has 0 aromatic heterocycles. The van der Waals surface area contributed by atoms with E-state index >= 15 is 0 Å². The first-order valence-corrected chi connectivity index (χ1v) is 7.41. The van der Waals surface area contributed by atoms with E-state index in [0.717, 1.165) is 18.9 Å². The second-order valence-corrected chi connectivity index (χ2v) is 6.45. The van der Waals surface area contributed by atoms with Crippen molar-refractivity contribution in [3.05, 3.63) is 0 Å². The third-order valence-electron chi connectivity index (χ3n) is 4.71. The fourth-order valence-corrected chi connectivity index (χ4v) is 3.16. The molecule has 1 aliphatic carbocycles. The molecule has 0 amide bonds. The highest BCUT2D eigenvalue weighted by molar-refractivity contribution is 4.88. The van der Waals surface area contributed by atoms with E-state index in [2.05, 4.69) is 20.8 Å². The van der Waals surface area contributed by atoms with Crippen molar-refractivity contribution >= 4 is 0 Å². The Bertz CT molecular complexity index is 207. The van der Waals surface area contributed by atoms with Crippen LogP contribution in [-0.4, -0.2) is 17.8 Å². The summed E-state index contributed by atoms with van der Waals surface area (Å²) in [5.74, 6) is 1.27. The summed E-state index contributed by atoms with van der Waals surface area (Å²) in [5, 5.41) is 10.1. The molecule has 1 fully saturated rings. The van der Waals surface area contributed by atoms with E-state index < -0.39 is 0 Å². The Morgan fingerprint density at radius 2 is 1.88 bits per heavy atom. The van der Waals surface area contributed by atoms with Crippen LogP contribution in [0.2, 0.25) is 0 Å². The Balaban J connectivity index is 2.49. The van der Waals surface area contributed by atoms with Crippen LogP contribution in [0.15, 0.2) is 0 Å². The molecule has 0 aliphatic heterocycles. The van der Waals surface area contributed by atoms with Gasteiger partial charge in [0.1, 0.15) is 0 Å². The maximum absolute atomic E-state index is 10.1. The molecule has 2 heteroatoms. The van der Waals surface area contributed by atoms with Gasteiger partial charge in [-0.3, -0.25) is 0 Å². The Labute approximate surface area is 107 Å². The van der Waals surface area contributed by atoms with Crippen LogP contribution in [0.1, 0.15) is 65.7 Å². The molecule has 0 aromatic carbocycles. The quantitative estimate of drug-likeness (QED) is 0.749. The Hall–Kier alpha value is -0.0800. The molecule has 0 bridgehead atoms. The first-order valence-electron chi connectivity index (χ1n) is 7.41. The van der Waals surface area contributed by atoms with E-state index in [0.29, 0.717) is 5.92 Å². The van der Waals surface area contributed by atoms with Gasteiger partial charge < -0.3 is 10.8 Å². The summed E-state index contributed by atoms with van der Waals surface area (Å²) in [6, 6.07) is 0. The van der Waals surface area contributed by atoms with Gasteiger partial charge in [-0.05, 0) is 55.9 Å². The Morgan fingerprint density at radius 3 is 2.29 bits per heavy atom. The van der Waals surface area contributed by atoms with Crippen molar-refractivity contribution in [2.45, 2.75) is 71.8 Å². The molecule has 0 radical (unpaired) electrons. The van der Waals surface area contributed by atoms with Crippen molar-refractivity contribution in [2.24, 2.45) is 23.0 Å². The SMILES string of the molecule is CCCC1CCC(CN)(CC(O)C(C)C)CC1. The van der Waals surface area contributed by atoms with E-state index in [9.17, 15) is 5.11 Å². The Morgan fingerprint density at radius 1 is 1.29 bits per heavy atom. The third kappa shape index (κ3) is 4.26. The molecule has 0 aromatic rings. The van der Waals surface area contributed by atoms with Crippen molar-refractivity contribution in [3.8, 4) is 0 Å². The van der Waals surface area contributed by atoms with E-state index in [4.69, 9.17) is 5.73 Å². The minimum absolute atomic E-state index is 0.179. The van der Waals surface area contributed by atoms with Gasteiger partial charge in [-0.2, -0.15) is 0 Å². The number of aliphatic hydroxyl groups is 1. The van der Waals surface area contributed by atoms with Gasteiger partial charge in [-0.15, -0.1) is 0 Å². The zero-order chi connectivity index (χ0) is 12.9. The summed E-state index contributed by atoms with van der Waals surface area (Å²) in [6.07, 6.45) is 8.46. The molecule has 1 unspecified atom stereocenters. The fraction of sp³-hybridized carbons (Fsp3) is 1.00. The van der Waals surface area contributed by atoms with Gasteiger partial charge in [0.2, 0.25) is 0 Å². The Kier molecular flexibility index (Phi) is 5.94. The van der Waals surface area contributed by atoms with Crippen LogP contribution >= 0.6 is 0 Å². The van der Waals surface area contributed by atoms with Gasteiger partial charge in [-0.1, -0.05) is 33.6 Å². The smallest absolute Gasteiger partial charge is 0.0568 e. The molecule has 1 rings (SSSR count). The maximum Gasteiger partial charge on any atom is 0.0568 e. The zero-order valence-electron chi connectivity index (χ0n) is 11.9. The maximum atomic E-state index is 10.1. The van der Waals surface area contributed by atoms with E-state index in [1.165, 1.54) is 38.5 Å². The second-order valence-electron chi connectivity index (χ2n) is 6.45. The van der Waals surface area contributed by atoms with Crippen molar-refractivity contribution in [3.63, 3.8) is 0 Å². The normalized spacial score (nSPS) is 31.8. The molecular formula is C15H31NO. The molecular weight excluding hydrogens is 210 g/mol. The second kappa shape index (κ2) is 6.75. The van der Waals surface area contributed by atoms with Crippen molar-refractivity contribution < 1.29 is 5.11 Å². The predicted molar refractivity (Wildman–Crippen MR) is 73.8 cm³/mol. The molecule has 0 saturated heterocycles. The van der Waals surface area contributed by atoms with Gasteiger partial charge in [0.05, 0.1) is 6.10 Å². The van der Waals surface area contributed by atoms with Gasteiger partial charge in [0, 0.05) is 0 Å². The summed E-state index contributed by atoms with van der Waals surface area (Å²) < 4.78 is 0. The first kappa shape index (κ1) is 15.0. The number of hydrogen-bond acceptors (Lipinski definition) is 2. The summed E-state index contributed by atoms with van der Waals surface area (Å²) in [7, 11) is 0. The molecule has 0 spiro atoms. The third-order valence-corrected chi connectivity index (χ3v) is 4.71. The standard InChI is InChI=1S/C15H31NO/c1-4-5-13-6-8-15(11-16,9-7-13)10-14(17)12(2)3/h12-14,17H,4-11,16H2,1-3H3. The first-order chi connectivity index (χ1) is 8.03. The van der Waals surface area contributed by atoms with Crippen molar-refractivity contribution in [1.82, 2.24) is 0 Å². The largest absolute Gasteiger partial charge is 0.393 e. The zero-order valence-corrected chi connectivity index (χ0v) is 11.9. The number of hydrogen-bond donors (Lipinski definition) is 2. The highest BCUT2D eigenvalue weighted by Gasteiger charge is 2.36. The fourth-order valence-electron chi connectivity index (χ4n) is 3.16. The molecule has 1 atom stereocenters. The van der Waals surface area contributed by atoms with Crippen LogP contribution in [0.25, 0.3) is 0 Å². The average molecular weight is 241 g/mol. The summed E-state index contributed by atoms with van der Waals surface area (Å²) in [5.41, 5.74) is 6.23. The highest BCUT2D eigenvalue weighted by atomic mass is 16.3. The summed E-state index contributed by atoms with van der Waals surface area (Å²) >= 11 is 0. The monoisotopic (exact) mass is 241 g/mol. The number of rotatable bonds is 6. The van der Waals surface area contributed by atoms with Crippen molar-refractivity contribution in [2.75, 3.05) is 6.54 Å². The topological polar surface area (TPSA) is 46.2 Å². The lowest BCUT2D eigenvalue weighted by atomic mass is 9.66. The van der Waals surface area contributed by atoms with Crippen molar-refractivity contribution in [1.29, 1.82) is 0 Å². The van der Waals surface area contributed by atoms with Crippen LogP contribution in [0.4, 0.5) is 0 Å². The molecule has 102 valence electrons. The van der Waals surface area contributed by atoms with E-state index in [1.54, 1.807) is 0 Å². The predicted octanol–water partition coefficient (Wildman–Crippen LogP) is 3.33. The molecule has 2 nitrogen and oxygen atoms in total. The summed E-state index contributed by atoms with van der Waals surface area (Å²) in [4.78, 5) is 0. The molecule has 3 N–H and O–H groups in total. The van der Waals surface area contributed by atoms with E-state index in [-0.39, 0.29) is 11.5 Å². The van der Waals surface area contributed by atoms with Gasteiger partial charge in [-0.25, -0.2) is 0 Å². The molecule has 17 heavy (non-hydrogen) atoms. The molecule has 1 aliphatic rings.